The summed E-state index contributed by atoms with van der Waals surface area (Å²) in [6, 6.07) is 5.40. The van der Waals surface area contributed by atoms with Crippen molar-refractivity contribution in [3.63, 3.8) is 0 Å². The molecule has 2 N–H and O–H groups in total. The van der Waals surface area contributed by atoms with E-state index in [4.69, 9.17) is 0 Å². The zero-order chi connectivity index (χ0) is 14.7. The normalized spacial score (nSPS) is 18.5. The summed E-state index contributed by atoms with van der Waals surface area (Å²) in [4.78, 5) is 14.5. The van der Waals surface area contributed by atoms with Gasteiger partial charge in [-0.05, 0) is 51.4 Å². The molecule has 110 valence electrons. The molecule has 1 fully saturated rings. The van der Waals surface area contributed by atoms with Crippen LogP contribution in [0.2, 0.25) is 0 Å². The van der Waals surface area contributed by atoms with Crippen LogP contribution in [-0.2, 0) is 0 Å². The number of hydrogen-bond acceptors (Lipinski definition) is 3. The van der Waals surface area contributed by atoms with Crippen LogP contribution < -0.4 is 5.32 Å². The predicted molar refractivity (Wildman–Crippen MR) is 83.0 cm³/mol. The Morgan fingerprint density at radius 3 is 2.90 bits per heavy atom. The van der Waals surface area contributed by atoms with E-state index >= 15 is 0 Å². The second-order valence-corrected chi connectivity index (χ2v) is 6.42. The molecule has 1 aliphatic rings. The van der Waals surface area contributed by atoms with Crippen LogP contribution in [0.5, 0.6) is 5.75 Å². The van der Waals surface area contributed by atoms with Crippen LogP contribution in [0, 0.1) is 0 Å². The average molecular weight is 341 g/mol. The van der Waals surface area contributed by atoms with Crippen molar-refractivity contribution in [2.24, 2.45) is 0 Å². The number of aromatic hydroxyl groups is 1. The van der Waals surface area contributed by atoms with Crippen molar-refractivity contribution in [2.45, 2.75) is 38.8 Å². The van der Waals surface area contributed by atoms with Crippen LogP contribution in [0.15, 0.2) is 22.7 Å². The molecule has 5 heteroatoms. The van der Waals surface area contributed by atoms with Gasteiger partial charge in [0.25, 0.3) is 5.91 Å². The standard InChI is InChI=1S/C15H21BrN2O2/c1-10(2)18(9-12-4-3-7-17-12)15(20)13-8-11(16)5-6-14(13)19/h5-6,8,10,12,17,19H,3-4,7,9H2,1-2H3. The Labute approximate surface area is 128 Å². The van der Waals surface area contributed by atoms with Gasteiger partial charge in [0.1, 0.15) is 5.75 Å². The molecule has 4 nitrogen and oxygen atoms in total. The maximum Gasteiger partial charge on any atom is 0.257 e. The maximum atomic E-state index is 12.7. The van der Waals surface area contributed by atoms with E-state index in [0.717, 1.165) is 23.9 Å². The number of nitrogens with one attached hydrogen (secondary N) is 1. The highest BCUT2D eigenvalue weighted by molar-refractivity contribution is 9.10. The summed E-state index contributed by atoms with van der Waals surface area (Å²) in [5.41, 5.74) is 0.353. The molecule has 0 bridgehead atoms. The highest BCUT2D eigenvalue weighted by atomic mass is 79.9. The van der Waals surface area contributed by atoms with Gasteiger partial charge in [0.05, 0.1) is 5.56 Å². The van der Waals surface area contributed by atoms with Crippen LogP contribution >= 0.6 is 15.9 Å². The van der Waals surface area contributed by atoms with Gasteiger partial charge in [-0.1, -0.05) is 15.9 Å². The molecule has 0 spiro atoms. The maximum absolute atomic E-state index is 12.7. The van der Waals surface area contributed by atoms with Crippen molar-refractivity contribution < 1.29 is 9.90 Å². The summed E-state index contributed by atoms with van der Waals surface area (Å²) < 4.78 is 0.793. The molecular weight excluding hydrogens is 320 g/mol. The van der Waals surface area contributed by atoms with Crippen molar-refractivity contribution in [2.75, 3.05) is 13.1 Å². The second-order valence-electron chi connectivity index (χ2n) is 5.51. The molecule has 0 aromatic heterocycles. The summed E-state index contributed by atoms with van der Waals surface area (Å²) in [6.45, 7) is 5.71. The Kier molecular flexibility index (Phi) is 5.05. The van der Waals surface area contributed by atoms with E-state index in [2.05, 4.69) is 21.2 Å². The van der Waals surface area contributed by atoms with Crippen LogP contribution in [0.3, 0.4) is 0 Å². The van der Waals surface area contributed by atoms with E-state index in [0.29, 0.717) is 18.2 Å². The number of phenols is 1. The Bertz CT molecular complexity index is 485. The Morgan fingerprint density at radius 2 is 2.30 bits per heavy atom. The third-order valence-electron chi connectivity index (χ3n) is 3.65. The number of carbonyl (C=O) groups excluding carboxylic acids is 1. The van der Waals surface area contributed by atoms with Gasteiger partial charge >= 0.3 is 0 Å². The summed E-state index contributed by atoms with van der Waals surface area (Å²) in [5, 5.41) is 13.3. The molecule has 1 aromatic carbocycles. The van der Waals surface area contributed by atoms with Crippen molar-refractivity contribution in [1.29, 1.82) is 0 Å². The van der Waals surface area contributed by atoms with Gasteiger partial charge in [-0.15, -0.1) is 0 Å². The van der Waals surface area contributed by atoms with E-state index in [1.165, 1.54) is 0 Å². The van der Waals surface area contributed by atoms with Crippen molar-refractivity contribution in [3.8, 4) is 5.75 Å². The molecule has 0 saturated carbocycles. The van der Waals surface area contributed by atoms with Gasteiger partial charge in [-0.2, -0.15) is 0 Å². The largest absolute Gasteiger partial charge is 0.507 e. The van der Waals surface area contributed by atoms with Crippen molar-refractivity contribution in [1.82, 2.24) is 10.2 Å². The van der Waals surface area contributed by atoms with Crippen molar-refractivity contribution >= 4 is 21.8 Å². The lowest BCUT2D eigenvalue weighted by Crippen LogP contribution is -2.44. The predicted octanol–water partition coefficient (Wildman–Crippen LogP) is 2.76. The molecule has 1 heterocycles. The Balaban J connectivity index is 2.19. The Morgan fingerprint density at radius 1 is 1.55 bits per heavy atom. The molecule has 2 rings (SSSR count). The highest BCUT2D eigenvalue weighted by Gasteiger charge is 2.26. The molecule has 1 saturated heterocycles. The number of rotatable bonds is 4. The van der Waals surface area contributed by atoms with E-state index in [-0.39, 0.29) is 17.7 Å². The number of phenolic OH excluding ortho intramolecular Hbond substituents is 1. The fourth-order valence-electron chi connectivity index (χ4n) is 2.51. The highest BCUT2D eigenvalue weighted by Crippen LogP contribution is 2.24. The van der Waals surface area contributed by atoms with Gasteiger partial charge in [0.2, 0.25) is 0 Å². The summed E-state index contributed by atoms with van der Waals surface area (Å²) in [5.74, 6) is -0.0873. The van der Waals surface area contributed by atoms with E-state index < -0.39 is 0 Å². The van der Waals surface area contributed by atoms with Crippen LogP contribution in [-0.4, -0.2) is 41.1 Å². The molecule has 1 amide bonds. The number of hydrogen-bond donors (Lipinski definition) is 2. The van der Waals surface area contributed by atoms with Gasteiger partial charge < -0.3 is 15.3 Å². The van der Waals surface area contributed by atoms with E-state index in [1.54, 1.807) is 18.2 Å². The SMILES string of the molecule is CC(C)N(CC1CCCN1)C(=O)c1cc(Br)ccc1O. The third-order valence-corrected chi connectivity index (χ3v) is 4.15. The lowest BCUT2D eigenvalue weighted by molar-refractivity contribution is 0.0686. The van der Waals surface area contributed by atoms with Crippen LogP contribution in [0.1, 0.15) is 37.0 Å². The summed E-state index contributed by atoms with van der Waals surface area (Å²) in [7, 11) is 0. The van der Waals surface area contributed by atoms with Gasteiger partial charge in [0.15, 0.2) is 0 Å². The average Bonchev–Trinajstić information content (AvgIpc) is 2.90. The fourth-order valence-corrected chi connectivity index (χ4v) is 2.87. The number of carbonyl (C=O) groups is 1. The quantitative estimate of drug-likeness (QED) is 0.886. The van der Waals surface area contributed by atoms with E-state index in [1.807, 2.05) is 18.7 Å². The first-order valence-electron chi connectivity index (χ1n) is 7.02. The number of amides is 1. The molecule has 1 atom stereocenters. The van der Waals surface area contributed by atoms with Crippen molar-refractivity contribution in [3.05, 3.63) is 28.2 Å². The molecule has 1 aromatic rings. The second kappa shape index (κ2) is 6.59. The van der Waals surface area contributed by atoms with Gasteiger partial charge in [-0.3, -0.25) is 4.79 Å². The Hall–Kier alpha value is -1.07. The lowest BCUT2D eigenvalue weighted by atomic mass is 10.1. The molecule has 0 aliphatic carbocycles. The molecule has 20 heavy (non-hydrogen) atoms. The molecular formula is C15H21BrN2O2. The smallest absolute Gasteiger partial charge is 0.257 e. The number of nitrogens with zero attached hydrogens (tertiary/aromatic N) is 1. The molecule has 1 unspecified atom stereocenters. The number of benzene rings is 1. The minimum Gasteiger partial charge on any atom is -0.507 e. The first-order valence-corrected chi connectivity index (χ1v) is 7.81. The van der Waals surface area contributed by atoms with E-state index in [9.17, 15) is 9.90 Å². The topological polar surface area (TPSA) is 52.6 Å². The minimum absolute atomic E-state index is 0.0308. The van der Waals surface area contributed by atoms with Gasteiger partial charge in [0, 0.05) is 23.1 Å². The molecule has 1 aliphatic heterocycles. The lowest BCUT2D eigenvalue weighted by Gasteiger charge is -2.30. The fraction of sp³-hybridized carbons (Fsp3) is 0.533. The van der Waals surface area contributed by atoms with Crippen LogP contribution in [0.25, 0.3) is 0 Å². The minimum atomic E-state index is -0.118. The zero-order valence-electron chi connectivity index (χ0n) is 11.9. The van der Waals surface area contributed by atoms with Crippen LogP contribution in [0.4, 0.5) is 0 Å². The first-order chi connectivity index (χ1) is 9.49. The zero-order valence-corrected chi connectivity index (χ0v) is 13.5. The number of halogens is 1. The van der Waals surface area contributed by atoms with Gasteiger partial charge in [-0.25, -0.2) is 0 Å². The third kappa shape index (κ3) is 3.52. The summed E-state index contributed by atoms with van der Waals surface area (Å²) in [6.07, 6.45) is 2.26. The monoisotopic (exact) mass is 340 g/mol. The summed E-state index contributed by atoms with van der Waals surface area (Å²) >= 11 is 3.34. The first kappa shape index (κ1) is 15.3. The molecule has 0 radical (unpaired) electrons.